The molecule has 0 saturated carbocycles. The number of nitrogens with zero attached hydrogens (tertiary/aromatic N) is 1. The molecular weight excluding hydrogens is 475 g/mol. The van der Waals surface area contributed by atoms with Crippen LogP contribution in [0.15, 0.2) is 78.9 Å². The molecule has 0 bridgehead atoms. The summed E-state index contributed by atoms with van der Waals surface area (Å²) in [5.41, 5.74) is 1.85. The Balaban J connectivity index is 0.00000342. The number of rotatable bonds is 7. The standard InChI is InChI=1S/C28H28F3NO2.ClH/c1-27(2)18-25(21-10-7-11-22(16-21)28(29,30)31)24-13-12-23(17-26(24)34-27)33-15-14-32(3)19-20-8-5-4-6-9-20;/h4-13,16-18H,14-15,19H2,1-3H3;1H. The van der Waals surface area contributed by atoms with E-state index in [4.69, 9.17) is 9.47 Å². The van der Waals surface area contributed by atoms with Crippen LogP contribution in [0.2, 0.25) is 0 Å². The summed E-state index contributed by atoms with van der Waals surface area (Å²) in [7, 11) is 2.04. The van der Waals surface area contributed by atoms with Crippen molar-refractivity contribution in [3.63, 3.8) is 0 Å². The Labute approximate surface area is 210 Å². The molecule has 0 N–H and O–H groups in total. The maximum absolute atomic E-state index is 13.3. The van der Waals surface area contributed by atoms with Crippen molar-refractivity contribution in [2.45, 2.75) is 32.2 Å². The van der Waals surface area contributed by atoms with E-state index in [1.807, 2.05) is 63.4 Å². The molecule has 0 saturated heterocycles. The molecule has 0 aromatic heterocycles. The summed E-state index contributed by atoms with van der Waals surface area (Å²) in [5.74, 6) is 1.25. The Hall–Kier alpha value is -2.96. The summed E-state index contributed by atoms with van der Waals surface area (Å²) in [6, 6.07) is 21.1. The quantitative estimate of drug-likeness (QED) is 0.339. The molecule has 35 heavy (non-hydrogen) atoms. The van der Waals surface area contributed by atoms with Crippen molar-refractivity contribution in [3.05, 3.63) is 101 Å². The molecule has 0 fully saturated rings. The minimum absolute atomic E-state index is 0. The van der Waals surface area contributed by atoms with Gasteiger partial charge in [-0.15, -0.1) is 12.4 Å². The summed E-state index contributed by atoms with van der Waals surface area (Å²) in [6.45, 7) is 5.84. The Kier molecular flexibility index (Phi) is 8.18. The van der Waals surface area contributed by atoms with Crippen LogP contribution in [0, 0.1) is 0 Å². The van der Waals surface area contributed by atoms with E-state index in [1.165, 1.54) is 17.7 Å². The molecular formula is C28H29ClF3NO2. The minimum Gasteiger partial charge on any atom is -0.492 e. The largest absolute Gasteiger partial charge is 0.492 e. The summed E-state index contributed by atoms with van der Waals surface area (Å²) in [4.78, 5) is 2.18. The molecule has 3 aromatic carbocycles. The van der Waals surface area contributed by atoms with E-state index in [0.717, 1.165) is 24.7 Å². The van der Waals surface area contributed by atoms with Crippen LogP contribution >= 0.6 is 12.4 Å². The third-order valence-corrected chi connectivity index (χ3v) is 5.65. The van der Waals surface area contributed by atoms with Gasteiger partial charge in [0, 0.05) is 24.7 Å². The van der Waals surface area contributed by atoms with Crippen molar-refractivity contribution in [1.82, 2.24) is 4.90 Å². The number of fused-ring (bicyclic) bond motifs is 1. The number of benzene rings is 3. The molecule has 0 unspecified atom stereocenters. The van der Waals surface area contributed by atoms with Crippen LogP contribution in [0.25, 0.3) is 5.57 Å². The highest BCUT2D eigenvalue weighted by atomic mass is 35.5. The number of likely N-dealkylation sites (N-methyl/N-ethyl adjacent to an activating group) is 1. The molecule has 0 amide bonds. The fourth-order valence-corrected chi connectivity index (χ4v) is 4.03. The summed E-state index contributed by atoms with van der Waals surface area (Å²) >= 11 is 0. The fraction of sp³-hybridized carbons (Fsp3) is 0.286. The van der Waals surface area contributed by atoms with Gasteiger partial charge in [-0.25, -0.2) is 0 Å². The molecule has 1 aliphatic heterocycles. The normalized spacial score (nSPS) is 14.4. The molecule has 3 aromatic rings. The van der Waals surface area contributed by atoms with E-state index in [9.17, 15) is 13.2 Å². The lowest BCUT2D eigenvalue weighted by atomic mass is 9.89. The lowest BCUT2D eigenvalue weighted by molar-refractivity contribution is -0.137. The molecule has 7 heteroatoms. The van der Waals surface area contributed by atoms with Crippen LogP contribution in [0.3, 0.4) is 0 Å². The highest BCUT2D eigenvalue weighted by molar-refractivity contribution is 5.85. The third-order valence-electron chi connectivity index (χ3n) is 5.65. The van der Waals surface area contributed by atoms with E-state index in [-0.39, 0.29) is 12.4 Å². The van der Waals surface area contributed by atoms with Crippen molar-refractivity contribution in [2.24, 2.45) is 0 Å². The smallest absolute Gasteiger partial charge is 0.416 e. The van der Waals surface area contributed by atoms with Gasteiger partial charge in [-0.2, -0.15) is 13.2 Å². The predicted octanol–water partition coefficient (Wildman–Crippen LogP) is 7.24. The number of halogens is 4. The van der Waals surface area contributed by atoms with Crippen LogP contribution < -0.4 is 9.47 Å². The number of hydrogen-bond acceptors (Lipinski definition) is 3. The van der Waals surface area contributed by atoms with Crippen LogP contribution in [0.4, 0.5) is 13.2 Å². The third kappa shape index (κ3) is 6.80. The lowest BCUT2D eigenvalue weighted by Gasteiger charge is -2.31. The van der Waals surface area contributed by atoms with Crippen LogP contribution in [0.5, 0.6) is 11.5 Å². The van der Waals surface area contributed by atoms with Crippen molar-refractivity contribution >= 4 is 18.0 Å². The topological polar surface area (TPSA) is 21.7 Å². The Morgan fingerprint density at radius 2 is 1.69 bits per heavy atom. The zero-order chi connectivity index (χ0) is 24.3. The molecule has 3 nitrogen and oxygen atoms in total. The minimum atomic E-state index is -4.40. The summed E-state index contributed by atoms with van der Waals surface area (Å²) in [5, 5.41) is 0. The maximum Gasteiger partial charge on any atom is 0.416 e. The van der Waals surface area contributed by atoms with Gasteiger partial charge in [-0.3, -0.25) is 4.90 Å². The van der Waals surface area contributed by atoms with Gasteiger partial charge < -0.3 is 9.47 Å². The fourth-order valence-electron chi connectivity index (χ4n) is 4.03. The van der Waals surface area contributed by atoms with E-state index >= 15 is 0 Å². The maximum atomic E-state index is 13.3. The second kappa shape index (κ2) is 10.8. The highest BCUT2D eigenvalue weighted by Gasteiger charge is 2.32. The van der Waals surface area contributed by atoms with Gasteiger partial charge in [-0.1, -0.05) is 42.5 Å². The monoisotopic (exact) mass is 503 g/mol. The zero-order valence-corrected chi connectivity index (χ0v) is 20.7. The van der Waals surface area contributed by atoms with Gasteiger partial charge in [0.05, 0.1) is 5.56 Å². The number of hydrogen-bond donors (Lipinski definition) is 0. The lowest BCUT2D eigenvalue weighted by Crippen LogP contribution is -2.29. The van der Waals surface area contributed by atoms with Gasteiger partial charge in [-0.05, 0) is 67.9 Å². The molecule has 0 aliphatic carbocycles. The summed E-state index contributed by atoms with van der Waals surface area (Å²) < 4.78 is 51.9. The average Bonchev–Trinajstić information content (AvgIpc) is 2.78. The molecule has 1 aliphatic rings. The number of ether oxygens (including phenoxy) is 2. The van der Waals surface area contributed by atoms with E-state index in [1.54, 1.807) is 6.07 Å². The van der Waals surface area contributed by atoms with E-state index in [2.05, 4.69) is 17.0 Å². The van der Waals surface area contributed by atoms with Gasteiger partial charge in [0.15, 0.2) is 0 Å². The van der Waals surface area contributed by atoms with E-state index in [0.29, 0.717) is 29.2 Å². The first kappa shape index (κ1) is 26.6. The molecule has 1 heterocycles. The van der Waals surface area contributed by atoms with Gasteiger partial charge in [0.2, 0.25) is 0 Å². The van der Waals surface area contributed by atoms with Gasteiger partial charge in [0.25, 0.3) is 0 Å². The molecule has 0 radical (unpaired) electrons. The Morgan fingerprint density at radius 3 is 2.40 bits per heavy atom. The highest BCUT2D eigenvalue weighted by Crippen LogP contribution is 2.42. The number of alkyl halides is 3. The summed E-state index contributed by atoms with van der Waals surface area (Å²) in [6.07, 6.45) is -2.53. The van der Waals surface area contributed by atoms with Crippen molar-refractivity contribution in [3.8, 4) is 11.5 Å². The molecule has 186 valence electrons. The Bertz CT molecular complexity index is 1180. The predicted molar refractivity (Wildman–Crippen MR) is 135 cm³/mol. The van der Waals surface area contributed by atoms with Crippen LogP contribution in [0.1, 0.15) is 36.1 Å². The average molecular weight is 504 g/mol. The second-order valence-electron chi connectivity index (χ2n) is 9.07. The second-order valence-corrected chi connectivity index (χ2v) is 9.07. The van der Waals surface area contributed by atoms with Gasteiger partial charge in [0.1, 0.15) is 23.7 Å². The van der Waals surface area contributed by atoms with Crippen molar-refractivity contribution in [1.29, 1.82) is 0 Å². The first-order valence-corrected chi connectivity index (χ1v) is 11.2. The first-order valence-electron chi connectivity index (χ1n) is 11.2. The molecule has 0 spiro atoms. The van der Waals surface area contributed by atoms with Gasteiger partial charge >= 0.3 is 6.18 Å². The Morgan fingerprint density at radius 1 is 0.943 bits per heavy atom. The van der Waals surface area contributed by atoms with Crippen LogP contribution in [-0.2, 0) is 12.7 Å². The van der Waals surface area contributed by atoms with Crippen molar-refractivity contribution < 1.29 is 22.6 Å². The van der Waals surface area contributed by atoms with E-state index < -0.39 is 17.3 Å². The SMILES string of the molecule is CN(CCOc1ccc2c(c1)OC(C)(C)C=C2c1cccc(C(F)(F)F)c1)Cc1ccccc1.Cl. The first-order chi connectivity index (χ1) is 16.1. The van der Waals surface area contributed by atoms with Crippen LogP contribution in [-0.4, -0.2) is 30.7 Å². The molecule has 4 rings (SSSR count). The zero-order valence-electron chi connectivity index (χ0n) is 19.9. The molecule has 0 atom stereocenters. The van der Waals surface area contributed by atoms with Crippen molar-refractivity contribution in [2.75, 3.05) is 20.2 Å².